The van der Waals surface area contributed by atoms with Crippen LogP contribution >= 0.6 is 11.8 Å². The Morgan fingerprint density at radius 3 is 2.67 bits per heavy atom. The second kappa shape index (κ2) is 6.75. The van der Waals surface area contributed by atoms with Crippen LogP contribution < -0.4 is 5.32 Å². The van der Waals surface area contributed by atoms with Gasteiger partial charge in [-0.1, -0.05) is 0 Å². The summed E-state index contributed by atoms with van der Waals surface area (Å²) in [4.78, 5) is 0. The van der Waals surface area contributed by atoms with E-state index >= 15 is 0 Å². The fourth-order valence-electron chi connectivity index (χ4n) is 1.55. The molecule has 0 amide bonds. The van der Waals surface area contributed by atoms with E-state index in [9.17, 15) is 0 Å². The van der Waals surface area contributed by atoms with Gasteiger partial charge in [-0.2, -0.15) is 11.8 Å². The zero-order valence-electron chi connectivity index (χ0n) is 7.59. The molecule has 1 aliphatic rings. The lowest BCUT2D eigenvalue weighted by Crippen LogP contribution is -2.22. The molecule has 0 bridgehead atoms. The van der Waals surface area contributed by atoms with Crippen molar-refractivity contribution >= 4 is 11.8 Å². The van der Waals surface area contributed by atoms with Gasteiger partial charge >= 0.3 is 0 Å². The van der Waals surface area contributed by atoms with E-state index < -0.39 is 0 Å². The van der Waals surface area contributed by atoms with E-state index in [0.29, 0.717) is 0 Å². The van der Waals surface area contributed by atoms with Crippen molar-refractivity contribution < 1.29 is 5.11 Å². The summed E-state index contributed by atoms with van der Waals surface area (Å²) >= 11 is 2.08. The van der Waals surface area contributed by atoms with Gasteiger partial charge in [0.2, 0.25) is 0 Å². The summed E-state index contributed by atoms with van der Waals surface area (Å²) in [7, 11) is 0. The molecule has 0 radical (unpaired) electrons. The van der Waals surface area contributed by atoms with Crippen LogP contribution in [-0.2, 0) is 0 Å². The Morgan fingerprint density at radius 2 is 2.00 bits per heavy atom. The highest BCUT2D eigenvalue weighted by molar-refractivity contribution is 7.99. The molecule has 1 heterocycles. The van der Waals surface area contributed by atoms with Gasteiger partial charge in [0, 0.05) is 6.54 Å². The Balaban J connectivity index is 1.91. The smallest absolute Gasteiger partial charge is 0.0555 e. The molecule has 1 aliphatic heterocycles. The van der Waals surface area contributed by atoms with E-state index in [-0.39, 0.29) is 6.61 Å². The summed E-state index contributed by atoms with van der Waals surface area (Å²) in [5, 5.41) is 11.8. The van der Waals surface area contributed by atoms with E-state index in [4.69, 9.17) is 5.11 Å². The van der Waals surface area contributed by atoms with E-state index in [1.54, 1.807) is 0 Å². The number of hydrogen-bond donors (Lipinski definition) is 2. The maximum absolute atomic E-state index is 8.54. The highest BCUT2D eigenvalue weighted by atomic mass is 32.2. The molecule has 0 spiro atoms. The van der Waals surface area contributed by atoms with Crippen molar-refractivity contribution in [1.29, 1.82) is 0 Å². The normalized spacial score (nSPS) is 19.8. The van der Waals surface area contributed by atoms with Crippen molar-refractivity contribution in [1.82, 2.24) is 5.32 Å². The number of thioether (sulfide) groups is 1. The second-order valence-electron chi connectivity index (χ2n) is 3.32. The van der Waals surface area contributed by atoms with Crippen LogP contribution in [0.2, 0.25) is 0 Å². The van der Waals surface area contributed by atoms with E-state index in [1.807, 2.05) is 0 Å². The van der Waals surface area contributed by atoms with Gasteiger partial charge in [-0.05, 0) is 43.2 Å². The zero-order valence-corrected chi connectivity index (χ0v) is 8.41. The van der Waals surface area contributed by atoms with Gasteiger partial charge < -0.3 is 10.4 Å². The fourth-order valence-corrected chi connectivity index (χ4v) is 2.75. The van der Waals surface area contributed by atoms with Crippen LogP contribution in [0.4, 0.5) is 0 Å². The van der Waals surface area contributed by atoms with E-state index in [2.05, 4.69) is 17.1 Å². The molecule has 12 heavy (non-hydrogen) atoms. The topological polar surface area (TPSA) is 32.3 Å². The molecule has 0 aromatic rings. The average Bonchev–Trinajstić information content (AvgIpc) is 2.14. The first-order valence-electron chi connectivity index (χ1n) is 4.83. The Morgan fingerprint density at radius 1 is 1.25 bits per heavy atom. The molecule has 0 aromatic heterocycles. The van der Waals surface area contributed by atoms with Gasteiger partial charge in [-0.3, -0.25) is 0 Å². The molecule has 0 unspecified atom stereocenters. The first-order chi connectivity index (χ1) is 5.93. The maximum atomic E-state index is 8.54. The summed E-state index contributed by atoms with van der Waals surface area (Å²) in [6.45, 7) is 2.10. The van der Waals surface area contributed by atoms with Crippen molar-refractivity contribution in [2.24, 2.45) is 5.92 Å². The van der Waals surface area contributed by atoms with Crippen LogP contribution in [0.25, 0.3) is 0 Å². The molecule has 1 fully saturated rings. The number of hydrogen-bond acceptors (Lipinski definition) is 3. The number of aliphatic hydroxyl groups is 1. The van der Waals surface area contributed by atoms with Crippen LogP contribution in [0, 0.1) is 5.92 Å². The van der Waals surface area contributed by atoms with Crippen molar-refractivity contribution in [3.63, 3.8) is 0 Å². The third kappa shape index (κ3) is 4.33. The van der Waals surface area contributed by atoms with Crippen LogP contribution in [-0.4, -0.2) is 36.3 Å². The lowest BCUT2D eigenvalue weighted by molar-refractivity contribution is 0.289. The quantitative estimate of drug-likeness (QED) is 0.635. The van der Waals surface area contributed by atoms with Gasteiger partial charge in [-0.25, -0.2) is 0 Å². The third-order valence-corrected chi connectivity index (χ3v) is 3.41. The Hall–Kier alpha value is 0.270. The Kier molecular flexibility index (Phi) is 5.82. The Bertz CT molecular complexity index is 105. The fraction of sp³-hybridized carbons (Fsp3) is 1.00. The molecule has 1 saturated heterocycles. The van der Waals surface area contributed by atoms with Crippen molar-refractivity contribution in [3.05, 3.63) is 0 Å². The average molecular weight is 189 g/mol. The highest BCUT2D eigenvalue weighted by Crippen LogP contribution is 2.24. The third-order valence-electron chi connectivity index (χ3n) is 2.36. The maximum Gasteiger partial charge on any atom is 0.0555 e. The lowest BCUT2D eigenvalue weighted by atomic mass is 9.99. The largest absolute Gasteiger partial charge is 0.395 e. The van der Waals surface area contributed by atoms with Gasteiger partial charge in [-0.15, -0.1) is 0 Å². The van der Waals surface area contributed by atoms with Crippen molar-refractivity contribution in [3.8, 4) is 0 Å². The molecule has 2 N–H and O–H groups in total. The molecule has 0 atom stereocenters. The standard InChI is InChI=1S/C9H19NOS/c11-6-5-10-4-1-9-2-7-12-8-3-9/h9-11H,1-8H2. The first-order valence-corrected chi connectivity index (χ1v) is 5.98. The summed E-state index contributed by atoms with van der Waals surface area (Å²) in [6.07, 6.45) is 4.08. The minimum atomic E-state index is 0.264. The van der Waals surface area contributed by atoms with E-state index in [0.717, 1.165) is 19.0 Å². The van der Waals surface area contributed by atoms with Gasteiger partial charge in [0.05, 0.1) is 6.61 Å². The summed E-state index contributed by atoms with van der Waals surface area (Å²) in [5.41, 5.74) is 0. The molecule has 72 valence electrons. The predicted octanol–water partition coefficient (Wildman–Crippen LogP) is 1.10. The van der Waals surface area contributed by atoms with Crippen LogP contribution in [0.1, 0.15) is 19.3 Å². The first kappa shape index (κ1) is 10.4. The minimum Gasteiger partial charge on any atom is -0.395 e. The molecule has 2 nitrogen and oxygen atoms in total. The summed E-state index contributed by atoms with van der Waals surface area (Å²) in [6, 6.07) is 0. The molecule has 3 heteroatoms. The monoisotopic (exact) mass is 189 g/mol. The molecular weight excluding hydrogens is 170 g/mol. The summed E-state index contributed by atoms with van der Waals surface area (Å²) < 4.78 is 0. The van der Waals surface area contributed by atoms with Gasteiger partial charge in [0.25, 0.3) is 0 Å². The van der Waals surface area contributed by atoms with Gasteiger partial charge in [0.15, 0.2) is 0 Å². The molecule has 0 aliphatic carbocycles. The number of aliphatic hydroxyl groups excluding tert-OH is 1. The van der Waals surface area contributed by atoms with Crippen LogP contribution in [0.5, 0.6) is 0 Å². The number of rotatable bonds is 5. The molecule has 1 rings (SSSR count). The van der Waals surface area contributed by atoms with E-state index in [1.165, 1.54) is 30.8 Å². The lowest BCUT2D eigenvalue weighted by Gasteiger charge is -2.21. The molecular formula is C9H19NOS. The van der Waals surface area contributed by atoms with Crippen molar-refractivity contribution in [2.45, 2.75) is 19.3 Å². The van der Waals surface area contributed by atoms with Crippen LogP contribution in [0.3, 0.4) is 0 Å². The number of nitrogens with one attached hydrogen (secondary N) is 1. The highest BCUT2D eigenvalue weighted by Gasteiger charge is 2.12. The predicted molar refractivity (Wildman–Crippen MR) is 54.6 cm³/mol. The molecule has 0 saturated carbocycles. The zero-order chi connectivity index (χ0) is 8.65. The van der Waals surface area contributed by atoms with Crippen molar-refractivity contribution in [2.75, 3.05) is 31.2 Å². The minimum absolute atomic E-state index is 0.264. The Labute approximate surface area is 79.1 Å². The summed E-state index contributed by atoms with van der Waals surface area (Å²) in [5.74, 6) is 3.65. The second-order valence-corrected chi connectivity index (χ2v) is 4.54. The SMILES string of the molecule is OCCNCCC1CCSCC1. The molecule has 0 aromatic carbocycles. The van der Waals surface area contributed by atoms with Gasteiger partial charge in [0.1, 0.15) is 0 Å². The van der Waals surface area contributed by atoms with Crippen LogP contribution in [0.15, 0.2) is 0 Å².